The van der Waals surface area contributed by atoms with E-state index in [0.29, 0.717) is 23.5 Å². The van der Waals surface area contributed by atoms with Crippen molar-refractivity contribution in [3.63, 3.8) is 0 Å². The van der Waals surface area contributed by atoms with Gasteiger partial charge in [0.2, 0.25) is 5.88 Å². The predicted octanol–water partition coefficient (Wildman–Crippen LogP) is 3.70. The number of alkyl halides is 1. The Kier molecular flexibility index (Phi) is 3.76. The van der Waals surface area contributed by atoms with E-state index in [1.54, 1.807) is 6.20 Å². The summed E-state index contributed by atoms with van der Waals surface area (Å²) in [4.78, 5) is 8.56. The Morgan fingerprint density at radius 3 is 2.95 bits per heavy atom. The summed E-state index contributed by atoms with van der Waals surface area (Å²) in [7, 11) is 0. The topological polar surface area (TPSA) is 39.4 Å². The SMILES string of the molecule is ClCc1ccnc(OCc2cn3c(Cl)cccc3n2)c1. The number of halogens is 2. The van der Waals surface area contributed by atoms with E-state index in [1.807, 2.05) is 40.9 Å². The van der Waals surface area contributed by atoms with Crippen molar-refractivity contribution >= 4 is 28.8 Å². The molecule has 0 bridgehead atoms. The Balaban J connectivity index is 1.78. The monoisotopic (exact) mass is 307 g/mol. The fourth-order valence-electron chi connectivity index (χ4n) is 1.86. The van der Waals surface area contributed by atoms with Crippen LogP contribution in [-0.4, -0.2) is 14.4 Å². The van der Waals surface area contributed by atoms with Crippen molar-refractivity contribution < 1.29 is 4.74 Å². The number of fused-ring (bicyclic) bond motifs is 1. The van der Waals surface area contributed by atoms with E-state index >= 15 is 0 Å². The van der Waals surface area contributed by atoms with Crippen molar-refractivity contribution in [1.29, 1.82) is 0 Å². The van der Waals surface area contributed by atoms with Crippen LogP contribution in [0.5, 0.6) is 5.88 Å². The van der Waals surface area contributed by atoms with E-state index in [9.17, 15) is 0 Å². The minimum absolute atomic E-state index is 0.330. The first-order valence-corrected chi connectivity index (χ1v) is 6.94. The first-order chi connectivity index (χ1) is 9.76. The van der Waals surface area contributed by atoms with Gasteiger partial charge in [0.25, 0.3) is 0 Å². The fourth-order valence-corrected chi connectivity index (χ4v) is 2.23. The molecule has 0 aliphatic carbocycles. The number of aromatic nitrogens is 3. The third kappa shape index (κ3) is 2.71. The van der Waals surface area contributed by atoms with Gasteiger partial charge in [0.15, 0.2) is 0 Å². The molecule has 0 saturated heterocycles. The van der Waals surface area contributed by atoms with Crippen LogP contribution in [0.1, 0.15) is 11.3 Å². The molecular formula is C14H11Cl2N3O. The lowest BCUT2D eigenvalue weighted by atomic mass is 10.3. The van der Waals surface area contributed by atoms with E-state index in [2.05, 4.69) is 9.97 Å². The van der Waals surface area contributed by atoms with Gasteiger partial charge in [0, 0.05) is 24.3 Å². The summed E-state index contributed by atoms with van der Waals surface area (Å²) in [6, 6.07) is 9.23. The van der Waals surface area contributed by atoms with Gasteiger partial charge in [-0.15, -0.1) is 11.6 Å². The Hall–Kier alpha value is -1.78. The van der Waals surface area contributed by atoms with Gasteiger partial charge in [0.1, 0.15) is 17.4 Å². The molecule has 0 saturated carbocycles. The minimum atomic E-state index is 0.330. The minimum Gasteiger partial charge on any atom is -0.471 e. The highest BCUT2D eigenvalue weighted by molar-refractivity contribution is 6.29. The molecule has 0 aromatic carbocycles. The van der Waals surface area contributed by atoms with Gasteiger partial charge in [-0.3, -0.25) is 4.40 Å². The van der Waals surface area contributed by atoms with E-state index in [1.165, 1.54) is 0 Å². The molecule has 3 aromatic heterocycles. The van der Waals surface area contributed by atoms with Crippen molar-refractivity contribution in [2.75, 3.05) is 0 Å². The Bertz CT molecular complexity index is 742. The quantitative estimate of drug-likeness (QED) is 0.545. The molecule has 3 aromatic rings. The highest BCUT2D eigenvalue weighted by Gasteiger charge is 2.05. The second-order valence-electron chi connectivity index (χ2n) is 4.23. The molecule has 0 radical (unpaired) electrons. The second kappa shape index (κ2) is 5.69. The van der Waals surface area contributed by atoms with Gasteiger partial charge in [-0.1, -0.05) is 17.7 Å². The van der Waals surface area contributed by atoms with Crippen molar-refractivity contribution in [3.8, 4) is 5.88 Å². The lowest BCUT2D eigenvalue weighted by Crippen LogP contribution is -1.97. The highest BCUT2D eigenvalue weighted by Crippen LogP contribution is 2.16. The summed E-state index contributed by atoms with van der Waals surface area (Å²) in [6.07, 6.45) is 3.52. The summed E-state index contributed by atoms with van der Waals surface area (Å²) in [5, 5.41) is 0.614. The number of nitrogens with zero attached hydrogens (tertiary/aromatic N) is 3. The van der Waals surface area contributed by atoms with Crippen LogP contribution in [0.3, 0.4) is 0 Å². The Morgan fingerprint density at radius 1 is 1.25 bits per heavy atom. The summed E-state index contributed by atoms with van der Waals surface area (Å²) >= 11 is 11.9. The third-order valence-electron chi connectivity index (χ3n) is 2.81. The van der Waals surface area contributed by atoms with Crippen LogP contribution in [0.25, 0.3) is 5.65 Å². The molecule has 0 N–H and O–H groups in total. The largest absolute Gasteiger partial charge is 0.471 e. The molecule has 0 unspecified atom stereocenters. The highest BCUT2D eigenvalue weighted by atomic mass is 35.5. The molecule has 0 aliphatic rings. The molecule has 6 heteroatoms. The number of ether oxygens (including phenoxy) is 1. The molecule has 102 valence electrons. The fraction of sp³-hybridized carbons (Fsp3) is 0.143. The van der Waals surface area contributed by atoms with Crippen LogP contribution in [0.4, 0.5) is 0 Å². The first-order valence-electron chi connectivity index (χ1n) is 6.02. The molecule has 3 rings (SSSR count). The van der Waals surface area contributed by atoms with Crippen molar-refractivity contribution in [3.05, 3.63) is 59.1 Å². The van der Waals surface area contributed by atoms with Crippen molar-refractivity contribution in [1.82, 2.24) is 14.4 Å². The van der Waals surface area contributed by atoms with Gasteiger partial charge >= 0.3 is 0 Å². The zero-order valence-corrected chi connectivity index (χ0v) is 12.0. The zero-order chi connectivity index (χ0) is 13.9. The second-order valence-corrected chi connectivity index (χ2v) is 4.89. The zero-order valence-electron chi connectivity index (χ0n) is 10.5. The smallest absolute Gasteiger partial charge is 0.213 e. The van der Waals surface area contributed by atoms with E-state index in [0.717, 1.165) is 16.9 Å². The van der Waals surface area contributed by atoms with Crippen LogP contribution < -0.4 is 4.74 Å². The number of hydrogen-bond donors (Lipinski definition) is 0. The van der Waals surface area contributed by atoms with Gasteiger partial charge in [-0.05, 0) is 23.8 Å². The number of hydrogen-bond acceptors (Lipinski definition) is 3. The van der Waals surface area contributed by atoms with Gasteiger partial charge in [-0.2, -0.15) is 0 Å². The predicted molar refractivity (Wildman–Crippen MR) is 78.3 cm³/mol. The number of rotatable bonds is 4. The summed E-state index contributed by atoms with van der Waals surface area (Å²) in [5.41, 5.74) is 2.55. The number of pyridine rings is 2. The summed E-state index contributed by atoms with van der Waals surface area (Å²) < 4.78 is 7.42. The van der Waals surface area contributed by atoms with E-state index < -0.39 is 0 Å². The maximum Gasteiger partial charge on any atom is 0.213 e. The average Bonchev–Trinajstić information content (AvgIpc) is 2.90. The normalized spacial score (nSPS) is 10.9. The molecular weight excluding hydrogens is 297 g/mol. The molecule has 0 atom stereocenters. The van der Waals surface area contributed by atoms with Crippen LogP contribution in [0.2, 0.25) is 5.15 Å². The summed E-state index contributed by atoms with van der Waals surface area (Å²) in [5.74, 6) is 0.967. The molecule has 0 fully saturated rings. The van der Waals surface area contributed by atoms with Crippen LogP contribution in [0, 0.1) is 0 Å². The van der Waals surface area contributed by atoms with Crippen molar-refractivity contribution in [2.45, 2.75) is 12.5 Å². The van der Waals surface area contributed by atoms with Gasteiger partial charge in [0.05, 0.1) is 5.69 Å². The van der Waals surface area contributed by atoms with E-state index in [4.69, 9.17) is 27.9 Å². The molecule has 0 spiro atoms. The molecule has 3 heterocycles. The van der Waals surface area contributed by atoms with Crippen LogP contribution in [0.15, 0.2) is 42.7 Å². The van der Waals surface area contributed by atoms with E-state index in [-0.39, 0.29) is 0 Å². The Morgan fingerprint density at radius 2 is 2.15 bits per heavy atom. The van der Waals surface area contributed by atoms with Crippen LogP contribution in [-0.2, 0) is 12.5 Å². The standard InChI is InChI=1S/C14H11Cl2N3O/c15-7-10-4-5-17-14(6-10)20-9-11-8-19-12(16)2-1-3-13(19)18-11/h1-6,8H,7,9H2. The Labute approximate surface area is 125 Å². The first kappa shape index (κ1) is 13.2. The summed E-state index contributed by atoms with van der Waals surface area (Å²) in [6.45, 7) is 0.330. The van der Waals surface area contributed by atoms with Gasteiger partial charge in [-0.25, -0.2) is 9.97 Å². The third-order valence-corrected chi connectivity index (χ3v) is 3.43. The lowest BCUT2D eigenvalue weighted by Gasteiger charge is -2.03. The van der Waals surface area contributed by atoms with Gasteiger partial charge < -0.3 is 4.74 Å². The molecule has 4 nitrogen and oxygen atoms in total. The van der Waals surface area contributed by atoms with Crippen molar-refractivity contribution in [2.24, 2.45) is 0 Å². The lowest BCUT2D eigenvalue weighted by molar-refractivity contribution is 0.289. The maximum absolute atomic E-state index is 6.08. The van der Waals surface area contributed by atoms with Crippen LogP contribution >= 0.6 is 23.2 Å². The number of imidazole rings is 1. The molecule has 0 amide bonds. The average molecular weight is 308 g/mol. The molecule has 0 aliphatic heterocycles. The molecule has 20 heavy (non-hydrogen) atoms. The maximum atomic E-state index is 6.08.